The summed E-state index contributed by atoms with van der Waals surface area (Å²) in [5, 5.41) is 3.11. The van der Waals surface area contributed by atoms with Gasteiger partial charge in [0.1, 0.15) is 0 Å². The minimum absolute atomic E-state index is 0.182. The van der Waals surface area contributed by atoms with Gasteiger partial charge < -0.3 is 0 Å². The second-order valence-corrected chi connectivity index (χ2v) is 12.9. The topological polar surface area (TPSA) is 0 Å². The van der Waals surface area contributed by atoms with Gasteiger partial charge in [-0.05, 0) is 74.3 Å². The Morgan fingerprint density at radius 3 is 1.68 bits per heavy atom. The van der Waals surface area contributed by atoms with Crippen molar-refractivity contribution in [2.24, 2.45) is 0 Å². The molecule has 0 aliphatic carbocycles. The Balaban J connectivity index is 1.43. The highest BCUT2D eigenvalue weighted by atomic mass is 31.1. The van der Waals surface area contributed by atoms with Gasteiger partial charge in [-0.15, -0.1) is 7.92 Å². The van der Waals surface area contributed by atoms with E-state index in [0.717, 1.165) is 11.3 Å². The number of hydrogen-bond donors (Lipinski definition) is 0. The van der Waals surface area contributed by atoms with E-state index in [-0.39, 0.29) is 7.92 Å². The van der Waals surface area contributed by atoms with Crippen molar-refractivity contribution >= 4 is 26.5 Å². The van der Waals surface area contributed by atoms with Crippen molar-refractivity contribution in [3.05, 3.63) is 60.7 Å². The summed E-state index contributed by atoms with van der Waals surface area (Å²) in [5.74, 6) is 0. The number of fused-ring (bicyclic) bond motifs is 2. The molecule has 2 aliphatic rings. The van der Waals surface area contributed by atoms with Gasteiger partial charge in [0.25, 0.3) is 0 Å². The molecule has 0 unspecified atom stereocenters. The summed E-state index contributed by atoms with van der Waals surface area (Å²) < 4.78 is 0. The van der Waals surface area contributed by atoms with Crippen LogP contribution in [0.1, 0.15) is 44.9 Å². The van der Waals surface area contributed by atoms with Gasteiger partial charge in [0.05, 0.1) is 0 Å². The predicted molar refractivity (Wildman–Crippen MR) is 116 cm³/mol. The smallest absolute Gasteiger partial charge is 0.0195 e. The Morgan fingerprint density at radius 2 is 1.20 bits per heavy atom. The fourth-order valence-corrected chi connectivity index (χ4v) is 11.3. The number of rotatable bonds is 6. The van der Waals surface area contributed by atoms with Crippen LogP contribution in [0.15, 0.2) is 60.7 Å². The molecule has 2 saturated heterocycles. The molecule has 132 valence electrons. The minimum atomic E-state index is -0.182. The van der Waals surface area contributed by atoms with Crippen molar-refractivity contribution in [1.29, 1.82) is 0 Å². The Hall–Kier alpha value is -0.700. The van der Waals surface area contributed by atoms with Gasteiger partial charge in [0, 0.05) is 0 Å². The first kappa shape index (κ1) is 17.7. The van der Waals surface area contributed by atoms with Crippen LogP contribution >= 0.6 is 15.8 Å². The molecule has 0 spiro atoms. The van der Waals surface area contributed by atoms with E-state index in [1.807, 2.05) is 0 Å². The van der Waals surface area contributed by atoms with Crippen molar-refractivity contribution < 1.29 is 0 Å². The minimum Gasteiger partial charge on any atom is -0.100 e. The van der Waals surface area contributed by atoms with Crippen molar-refractivity contribution in [3.63, 3.8) is 0 Å². The fraction of sp³-hybridized carbons (Fsp3) is 0.478. The molecule has 2 aliphatic heterocycles. The maximum Gasteiger partial charge on any atom is -0.0195 e. The maximum atomic E-state index is 2.35. The Kier molecular flexibility index (Phi) is 6.23. The lowest BCUT2D eigenvalue weighted by Crippen LogP contribution is -2.27. The van der Waals surface area contributed by atoms with Gasteiger partial charge in [-0.3, -0.25) is 0 Å². The molecule has 0 N–H and O–H groups in total. The van der Waals surface area contributed by atoms with Crippen LogP contribution in [-0.2, 0) is 0 Å². The average molecular weight is 368 g/mol. The van der Waals surface area contributed by atoms with E-state index >= 15 is 0 Å². The van der Waals surface area contributed by atoms with Crippen LogP contribution in [0.4, 0.5) is 0 Å². The monoisotopic (exact) mass is 368 g/mol. The lowest BCUT2D eigenvalue weighted by atomic mass is 9.99. The quantitative estimate of drug-likeness (QED) is 0.541. The van der Waals surface area contributed by atoms with E-state index in [4.69, 9.17) is 0 Å². The fourth-order valence-electron chi connectivity index (χ4n) is 4.83. The lowest BCUT2D eigenvalue weighted by molar-refractivity contribution is 0.474. The zero-order valence-electron chi connectivity index (χ0n) is 15.2. The summed E-state index contributed by atoms with van der Waals surface area (Å²) in [5.41, 5.74) is 2.25. The third-order valence-electron chi connectivity index (χ3n) is 6.02. The summed E-state index contributed by atoms with van der Waals surface area (Å²) in [4.78, 5) is 0. The van der Waals surface area contributed by atoms with Gasteiger partial charge in [0.2, 0.25) is 0 Å². The highest BCUT2D eigenvalue weighted by molar-refractivity contribution is 7.73. The second kappa shape index (κ2) is 8.79. The highest BCUT2D eigenvalue weighted by Crippen LogP contribution is 2.60. The van der Waals surface area contributed by atoms with Crippen LogP contribution in [0.25, 0.3) is 0 Å². The molecule has 2 heteroatoms. The summed E-state index contributed by atoms with van der Waals surface area (Å²) in [7, 11) is 0.150. The molecule has 2 aromatic rings. The molecule has 0 radical (unpaired) electrons. The van der Waals surface area contributed by atoms with Gasteiger partial charge in [0.15, 0.2) is 0 Å². The second-order valence-electron chi connectivity index (χ2n) is 7.58. The first-order chi connectivity index (χ1) is 12.4. The Labute approximate surface area is 155 Å². The standard InChI is InChI=1S/C23H30P2/c1-3-10-20(11-4-1)24(21-12-5-2-6-13-21)18-9-19-25-22-14-7-15-23(25)17-8-16-22/h1-6,10-13,22-23H,7-9,14-19H2. The van der Waals surface area contributed by atoms with E-state index in [0.29, 0.717) is 7.92 Å². The highest BCUT2D eigenvalue weighted by Gasteiger charge is 2.35. The molecule has 2 bridgehead atoms. The molecule has 2 heterocycles. The molecule has 0 amide bonds. The van der Waals surface area contributed by atoms with Crippen LogP contribution in [0.2, 0.25) is 0 Å². The maximum absolute atomic E-state index is 2.35. The van der Waals surface area contributed by atoms with E-state index in [9.17, 15) is 0 Å². The van der Waals surface area contributed by atoms with Crippen LogP contribution in [0.5, 0.6) is 0 Å². The summed E-state index contributed by atoms with van der Waals surface area (Å²) in [6, 6.07) is 22.5. The van der Waals surface area contributed by atoms with Crippen LogP contribution in [-0.4, -0.2) is 23.6 Å². The predicted octanol–water partition coefficient (Wildman–Crippen LogP) is 6.10. The molecule has 0 aromatic heterocycles. The van der Waals surface area contributed by atoms with Crippen molar-refractivity contribution in [3.8, 4) is 0 Å². The molecule has 2 fully saturated rings. The summed E-state index contributed by atoms with van der Waals surface area (Å²) in [6.07, 6.45) is 13.6. The van der Waals surface area contributed by atoms with Gasteiger partial charge >= 0.3 is 0 Å². The third-order valence-corrected chi connectivity index (χ3v) is 12.4. The molecule has 2 aromatic carbocycles. The normalized spacial score (nSPS) is 25.9. The lowest BCUT2D eigenvalue weighted by Gasteiger charge is -2.43. The van der Waals surface area contributed by atoms with E-state index < -0.39 is 0 Å². The summed E-state index contributed by atoms with van der Waals surface area (Å²) in [6.45, 7) is 0. The van der Waals surface area contributed by atoms with Crippen LogP contribution in [0.3, 0.4) is 0 Å². The van der Waals surface area contributed by atoms with E-state index in [1.165, 1.54) is 25.4 Å². The van der Waals surface area contributed by atoms with Crippen molar-refractivity contribution in [1.82, 2.24) is 0 Å². The molecule has 0 atom stereocenters. The van der Waals surface area contributed by atoms with Gasteiger partial charge in [-0.2, -0.15) is 0 Å². The van der Waals surface area contributed by atoms with Gasteiger partial charge in [-0.25, -0.2) is 0 Å². The molecular weight excluding hydrogens is 338 g/mol. The number of benzene rings is 2. The van der Waals surface area contributed by atoms with E-state index in [1.54, 1.807) is 42.5 Å². The first-order valence-electron chi connectivity index (χ1n) is 10.1. The van der Waals surface area contributed by atoms with E-state index in [2.05, 4.69) is 60.7 Å². The van der Waals surface area contributed by atoms with Crippen molar-refractivity contribution in [2.45, 2.75) is 56.3 Å². The summed E-state index contributed by atoms with van der Waals surface area (Å²) >= 11 is 0. The zero-order valence-corrected chi connectivity index (χ0v) is 17.0. The number of hydrogen-bond acceptors (Lipinski definition) is 0. The van der Waals surface area contributed by atoms with Crippen LogP contribution in [0, 0.1) is 0 Å². The van der Waals surface area contributed by atoms with Gasteiger partial charge in [-0.1, -0.05) is 73.5 Å². The molecule has 0 nitrogen and oxygen atoms in total. The Bertz CT molecular complexity index is 578. The molecule has 4 rings (SSSR count). The Morgan fingerprint density at radius 1 is 0.720 bits per heavy atom. The van der Waals surface area contributed by atoms with Crippen molar-refractivity contribution in [2.75, 3.05) is 12.3 Å². The SMILES string of the molecule is c1ccc(P(CCCP2C3CCCC2CCC3)c2ccccc2)cc1. The first-order valence-corrected chi connectivity index (χ1v) is 13.2. The molecular formula is C23H30P2. The average Bonchev–Trinajstić information content (AvgIpc) is 2.66. The largest absolute Gasteiger partial charge is 0.100 e. The van der Waals surface area contributed by atoms with Crippen LogP contribution < -0.4 is 10.6 Å². The third kappa shape index (κ3) is 4.35. The molecule has 0 saturated carbocycles. The zero-order chi connectivity index (χ0) is 16.9. The molecule has 25 heavy (non-hydrogen) atoms.